The molecule has 0 aromatic heterocycles. The number of benzene rings is 6. The highest BCUT2D eigenvalue weighted by atomic mass is 15.2. The van der Waals surface area contributed by atoms with Gasteiger partial charge in [-0.25, -0.2) is 9.98 Å². The number of rotatable bonds is 5. The first kappa shape index (κ1) is 29.1. The minimum atomic E-state index is -0.256. The van der Waals surface area contributed by atoms with E-state index in [4.69, 9.17) is 9.98 Å². The summed E-state index contributed by atoms with van der Waals surface area (Å²) >= 11 is 0. The molecule has 0 amide bonds. The molecule has 6 aromatic carbocycles. The van der Waals surface area contributed by atoms with Crippen molar-refractivity contribution in [2.24, 2.45) is 9.98 Å². The zero-order chi connectivity index (χ0) is 32.2. The van der Waals surface area contributed by atoms with Crippen LogP contribution in [-0.2, 0) is 10.8 Å². The van der Waals surface area contributed by atoms with Crippen LogP contribution in [0.25, 0.3) is 33.0 Å². The second-order valence-electron chi connectivity index (χ2n) is 14.2. The average molecular weight is 610 g/mol. The van der Waals surface area contributed by atoms with Crippen LogP contribution in [0, 0.1) is 0 Å². The first-order chi connectivity index (χ1) is 22.8. The predicted octanol–water partition coefficient (Wildman–Crippen LogP) is 10.6. The maximum atomic E-state index is 5.19. The lowest BCUT2D eigenvalue weighted by Gasteiger charge is -2.25. The highest BCUT2D eigenvalue weighted by Gasteiger charge is 2.41. The Balaban J connectivity index is 1.23. The van der Waals surface area contributed by atoms with Gasteiger partial charge in [0.15, 0.2) is 5.84 Å². The number of hydrogen-bond donors (Lipinski definition) is 1. The predicted molar refractivity (Wildman–Crippen MR) is 197 cm³/mol. The molecule has 0 saturated carbocycles. The normalized spacial score (nSPS) is 17.8. The highest BCUT2D eigenvalue weighted by molar-refractivity contribution is 6.19. The Bertz CT molecular complexity index is 2170. The first-order valence-corrected chi connectivity index (χ1v) is 16.6. The minimum Gasteiger partial charge on any atom is -0.344 e. The van der Waals surface area contributed by atoms with E-state index >= 15 is 0 Å². The third-order valence-electron chi connectivity index (χ3n) is 9.96. The Morgan fingerprint density at radius 3 is 1.81 bits per heavy atom. The van der Waals surface area contributed by atoms with Gasteiger partial charge in [-0.15, -0.1) is 0 Å². The summed E-state index contributed by atoms with van der Waals surface area (Å²) in [7, 11) is 0. The van der Waals surface area contributed by atoms with Gasteiger partial charge < -0.3 is 5.32 Å². The SMILES string of the molecule is CC1(C)CC(C)(C)c2cc(-c3ccc(C4=NC(c5ccc(-c6ccccc6)cc5)=NC(c5ccccc5)N4)c4ccccc34)ccc21. The van der Waals surface area contributed by atoms with Crippen molar-refractivity contribution >= 4 is 22.4 Å². The van der Waals surface area contributed by atoms with E-state index in [0.29, 0.717) is 0 Å². The summed E-state index contributed by atoms with van der Waals surface area (Å²) < 4.78 is 0. The molecule has 3 heteroatoms. The Morgan fingerprint density at radius 2 is 1.09 bits per heavy atom. The molecular weight excluding hydrogens is 571 g/mol. The van der Waals surface area contributed by atoms with Crippen LogP contribution in [0.1, 0.15) is 68.1 Å². The molecular formula is C44H39N3. The fraction of sp³-hybridized carbons (Fsp3) is 0.182. The lowest BCUT2D eigenvalue weighted by atomic mass is 9.82. The zero-order valence-electron chi connectivity index (χ0n) is 27.5. The van der Waals surface area contributed by atoms with Crippen LogP contribution >= 0.6 is 0 Å². The summed E-state index contributed by atoms with van der Waals surface area (Å²) in [5.41, 5.74) is 11.3. The van der Waals surface area contributed by atoms with Gasteiger partial charge in [-0.2, -0.15) is 0 Å². The molecule has 1 atom stereocenters. The van der Waals surface area contributed by atoms with Crippen LogP contribution in [0.5, 0.6) is 0 Å². The number of nitrogens with one attached hydrogen (secondary N) is 1. The lowest BCUT2D eigenvalue weighted by molar-refractivity contribution is 0.403. The van der Waals surface area contributed by atoms with Gasteiger partial charge in [0.1, 0.15) is 12.0 Å². The first-order valence-electron chi connectivity index (χ1n) is 16.6. The topological polar surface area (TPSA) is 36.8 Å². The quantitative estimate of drug-likeness (QED) is 0.207. The second kappa shape index (κ2) is 11.2. The van der Waals surface area contributed by atoms with Gasteiger partial charge in [0, 0.05) is 11.1 Å². The highest BCUT2D eigenvalue weighted by Crippen LogP contribution is 2.50. The molecule has 0 fully saturated rings. The van der Waals surface area contributed by atoms with Crippen molar-refractivity contribution in [2.75, 3.05) is 0 Å². The fourth-order valence-corrected chi connectivity index (χ4v) is 7.88. The molecule has 1 heterocycles. The largest absolute Gasteiger partial charge is 0.344 e. The third-order valence-corrected chi connectivity index (χ3v) is 9.96. The fourth-order valence-electron chi connectivity index (χ4n) is 7.88. The van der Waals surface area contributed by atoms with Crippen molar-refractivity contribution in [2.45, 2.75) is 51.1 Å². The molecule has 2 aliphatic rings. The van der Waals surface area contributed by atoms with Crippen LogP contribution in [0.15, 0.2) is 150 Å². The van der Waals surface area contributed by atoms with E-state index in [1.165, 1.54) is 44.2 Å². The maximum Gasteiger partial charge on any atom is 0.159 e. The summed E-state index contributed by atoms with van der Waals surface area (Å²) in [5.74, 6) is 1.56. The Morgan fingerprint density at radius 1 is 0.532 bits per heavy atom. The van der Waals surface area contributed by atoms with Crippen molar-refractivity contribution in [1.29, 1.82) is 0 Å². The van der Waals surface area contributed by atoms with Gasteiger partial charge in [-0.05, 0) is 67.0 Å². The van der Waals surface area contributed by atoms with Crippen LogP contribution in [0.4, 0.5) is 0 Å². The van der Waals surface area contributed by atoms with Gasteiger partial charge in [0.2, 0.25) is 0 Å². The van der Waals surface area contributed by atoms with E-state index in [2.05, 4.69) is 160 Å². The van der Waals surface area contributed by atoms with Gasteiger partial charge in [0.05, 0.1) is 0 Å². The molecule has 47 heavy (non-hydrogen) atoms. The Hall–Kier alpha value is -5.28. The third kappa shape index (κ3) is 5.26. The monoisotopic (exact) mass is 609 g/mol. The van der Waals surface area contributed by atoms with Crippen molar-refractivity contribution in [3.63, 3.8) is 0 Å². The smallest absolute Gasteiger partial charge is 0.159 e. The van der Waals surface area contributed by atoms with Crippen molar-refractivity contribution in [1.82, 2.24) is 5.32 Å². The van der Waals surface area contributed by atoms with E-state index in [9.17, 15) is 0 Å². The molecule has 1 aliphatic heterocycles. The van der Waals surface area contributed by atoms with Crippen LogP contribution in [-0.4, -0.2) is 11.7 Å². The van der Waals surface area contributed by atoms with E-state index in [1.54, 1.807) is 0 Å². The average Bonchev–Trinajstić information content (AvgIpc) is 3.30. The van der Waals surface area contributed by atoms with Crippen molar-refractivity contribution in [3.8, 4) is 22.3 Å². The van der Waals surface area contributed by atoms with Gasteiger partial charge >= 0.3 is 0 Å². The number of amidine groups is 2. The van der Waals surface area contributed by atoms with Crippen molar-refractivity contribution in [3.05, 3.63) is 167 Å². The molecule has 1 aliphatic carbocycles. The molecule has 1 unspecified atom stereocenters. The molecule has 3 nitrogen and oxygen atoms in total. The van der Waals surface area contributed by atoms with Gasteiger partial charge in [0.25, 0.3) is 0 Å². The molecule has 8 rings (SSSR count). The number of hydrogen-bond acceptors (Lipinski definition) is 3. The van der Waals surface area contributed by atoms with Crippen LogP contribution in [0.3, 0.4) is 0 Å². The maximum absolute atomic E-state index is 5.19. The van der Waals surface area contributed by atoms with Crippen LogP contribution < -0.4 is 5.32 Å². The number of aliphatic imine (C=N–C) groups is 2. The molecule has 6 aromatic rings. The molecule has 0 bridgehead atoms. The Labute approximate surface area is 277 Å². The second-order valence-corrected chi connectivity index (χ2v) is 14.2. The molecule has 1 N–H and O–H groups in total. The zero-order valence-corrected chi connectivity index (χ0v) is 27.5. The van der Waals surface area contributed by atoms with E-state index < -0.39 is 0 Å². The van der Waals surface area contributed by atoms with E-state index in [1.807, 2.05) is 12.1 Å². The number of fused-ring (bicyclic) bond motifs is 2. The number of nitrogens with zero attached hydrogens (tertiary/aromatic N) is 2. The summed E-state index contributed by atoms with van der Waals surface area (Å²) in [4.78, 5) is 10.3. The Kier molecular flexibility index (Phi) is 6.95. The summed E-state index contributed by atoms with van der Waals surface area (Å²) in [6, 6.07) is 49.8. The molecule has 0 saturated heterocycles. The lowest BCUT2D eigenvalue weighted by Crippen LogP contribution is -2.33. The molecule has 0 spiro atoms. The summed E-state index contributed by atoms with van der Waals surface area (Å²) in [6.45, 7) is 9.52. The van der Waals surface area contributed by atoms with E-state index in [-0.39, 0.29) is 17.0 Å². The summed E-state index contributed by atoms with van der Waals surface area (Å²) in [6.07, 6.45) is 0.902. The summed E-state index contributed by atoms with van der Waals surface area (Å²) in [5, 5.41) is 6.08. The van der Waals surface area contributed by atoms with Gasteiger partial charge in [-0.3, -0.25) is 0 Å². The van der Waals surface area contributed by atoms with Gasteiger partial charge in [-0.1, -0.05) is 167 Å². The van der Waals surface area contributed by atoms with Crippen molar-refractivity contribution < 1.29 is 0 Å². The minimum absolute atomic E-state index is 0.146. The standard InChI is InChI=1S/C44H39N3/c1-43(2)28-44(3,4)39-27-33(23-26-38(39)43)34-24-25-37(36-18-12-11-17-35(34)36)42-46-40(31-15-9-6-10-16-31)45-41(47-42)32-21-19-30(20-22-32)29-13-7-5-8-14-29/h5-27,40H,28H2,1-4H3,(H,45,46,47). The molecule has 0 radical (unpaired) electrons. The van der Waals surface area contributed by atoms with Crippen LogP contribution in [0.2, 0.25) is 0 Å². The van der Waals surface area contributed by atoms with E-state index in [0.717, 1.165) is 34.8 Å². The molecule has 230 valence electrons.